The second-order valence-corrected chi connectivity index (χ2v) is 5.04. The van der Waals surface area contributed by atoms with Crippen LogP contribution in [-0.4, -0.2) is 35.7 Å². The van der Waals surface area contributed by atoms with Crippen LogP contribution in [0.15, 0.2) is 24.3 Å². The maximum absolute atomic E-state index is 12.4. The zero-order chi connectivity index (χ0) is 16.7. The Labute approximate surface area is 130 Å². The summed E-state index contributed by atoms with van der Waals surface area (Å²) in [7, 11) is 0. The minimum absolute atomic E-state index is 0.341. The lowest BCUT2D eigenvalue weighted by Gasteiger charge is -2.25. The number of carbonyl (C=O) groups excluding carboxylic acids is 3. The third-order valence-electron chi connectivity index (χ3n) is 3.13. The van der Waals surface area contributed by atoms with E-state index in [0.29, 0.717) is 24.5 Å². The second-order valence-electron chi connectivity index (χ2n) is 5.04. The maximum atomic E-state index is 12.4. The molecule has 3 amide bonds. The molecule has 0 saturated heterocycles. The van der Waals surface area contributed by atoms with Crippen molar-refractivity contribution in [2.75, 3.05) is 23.7 Å². The maximum Gasteiger partial charge on any atom is 0.323 e. The number of nitrogens with zero attached hydrogens (tertiary/aromatic N) is 2. The van der Waals surface area contributed by atoms with E-state index in [2.05, 4.69) is 0 Å². The summed E-state index contributed by atoms with van der Waals surface area (Å²) in [6, 6.07) is 6.26. The normalized spacial score (nSPS) is 10.1. The number of imide groups is 1. The van der Waals surface area contributed by atoms with Gasteiger partial charge in [-0.25, -0.2) is 4.90 Å². The standard InChI is InChI=1S/C16H23N3O3/c1-4-10-18(11-5-2)15(21)16(22)19(12(3)20)14-8-6-13(17)7-9-14/h6-9H,4-5,10-11,17H2,1-3H3. The molecule has 0 radical (unpaired) electrons. The van der Waals surface area contributed by atoms with E-state index in [1.54, 1.807) is 24.3 Å². The van der Waals surface area contributed by atoms with E-state index >= 15 is 0 Å². The molecule has 0 aliphatic rings. The number of hydrogen-bond donors (Lipinski definition) is 1. The van der Waals surface area contributed by atoms with E-state index in [9.17, 15) is 14.4 Å². The van der Waals surface area contributed by atoms with Crippen molar-refractivity contribution in [3.05, 3.63) is 24.3 Å². The molecule has 6 heteroatoms. The first-order chi connectivity index (χ1) is 10.4. The van der Waals surface area contributed by atoms with Gasteiger partial charge in [-0.05, 0) is 37.1 Å². The van der Waals surface area contributed by atoms with Gasteiger partial charge < -0.3 is 10.6 Å². The number of benzene rings is 1. The number of amides is 3. The summed E-state index contributed by atoms with van der Waals surface area (Å²) >= 11 is 0. The van der Waals surface area contributed by atoms with Gasteiger partial charge in [0.2, 0.25) is 5.91 Å². The van der Waals surface area contributed by atoms with Crippen LogP contribution in [0.3, 0.4) is 0 Å². The van der Waals surface area contributed by atoms with Crippen molar-refractivity contribution in [1.29, 1.82) is 0 Å². The first-order valence-corrected chi connectivity index (χ1v) is 7.41. The van der Waals surface area contributed by atoms with Crippen LogP contribution in [0.4, 0.5) is 11.4 Å². The van der Waals surface area contributed by atoms with Crippen molar-refractivity contribution in [3.63, 3.8) is 0 Å². The molecule has 0 spiro atoms. The fourth-order valence-corrected chi connectivity index (χ4v) is 2.15. The Morgan fingerprint density at radius 2 is 1.45 bits per heavy atom. The zero-order valence-corrected chi connectivity index (χ0v) is 13.3. The highest BCUT2D eigenvalue weighted by atomic mass is 16.2. The number of hydrogen-bond acceptors (Lipinski definition) is 4. The van der Waals surface area contributed by atoms with Crippen molar-refractivity contribution >= 4 is 29.1 Å². The van der Waals surface area contributed by atoms with Crippen LogP contribution in [0.1, 0.15) is 33.6 Å². The number of anilines is 2. The van der Waals surface area contributed by atoms with E-state index in [0.717, 1.165) is 17.7 Å². The Morgan fingerprint density at radius 3 is 1.86 bits per heavy atom. The second kappa shape index (κ2) is 8.17. The lowest BCUT2D eigenvalue weighted by molar-refractivity contribution is -0.145. The molecule has 0 unspecified atom stereocenters. The predicted octanol–water partition coefficient (Wildman–Crippen LogP) is 1.80. The number of carbonyl (C=O) groups is 3. The van der Waals surface area contributed by atoms with Crippen LogP contribution < -0.4 is 10.6 Å². The first kappa shape index (κ1) is 17.7. The number of nitrogens with two attached hydrogens (primary N) is 1. The largest absolute Gasteiger partial charge is 0.399 e. The van der Waals surface area contributed by atoms with Crippen molar-refractivity contribution in [1.82, 2.24) is 4.90 Å². The van der Waals surface area contributed by atoms with Crippen LogP contribution >= 0.6 is 0 Å². The van der Waals surface area contributed by atoms with Gasteiger partial charge in [-0.3, -0.25) is 14.4 Å². The molecule has 0 saturated carbocycles. The Kier molecular flexibility index (Phi) is 6.56. The zero-order valence-electron chi connectivity index (χ0n) is 13.3. The van der Waals surface area contributed by atoms with Crippen molar-refractivity contribution in [2.45, 2.75) is 33.6 Å². The van der Waals surface area contributed by atoms with Gasteiger partial charge in [0.15, 0.2) is 0 Å². The molecule has 22 heavy (non-hydrogen) atoms. The fourth-order valence-electron chi connectivity index (χ4n) is 2.15. The third-order valence-corrected chi connectivity index (χ3v) is 3.13. The number of rotatable bonds is 5. The Bertz CT molecular complexity index is 534. The molecule has 1 rings (SSSR count). The number of nitrogen functional groups attached to an aromatic ring is 1. The summed E-state index contributed by atoms with van der Waals surface area (Å²) < 4.78 is 0. The van der Waals surface area contributed by atoms with Gasteiger partial charge in [-0.15, -0.1) is 0 Å². The minimum Gasteiger partial charge on any atom is -0.399 e. The Morgan fingerprint density at radius 1 is 0.955 bits per heavy atom. The van der Waals surface area contributed by atoms with Gasteiger partial charge in [0.1, 0.15) is 0 Å². The monoisotopic (exact) mass is 305 g/mol. The molecule has 1 aromatic carbocycles. The molecule has 1 aromatic rings. The topological polar surface area (TPSA) is 83.7 Å². The van der Waals surface area contributed by atoms with Gasteiger partial charge in [0.05, 0.1) is 5.69 Å². The lowest BCUT2D eigenvalue weighted by Crippen LogP contribution is -2.47. The van der Waals surface area contributed by atoms with Gasteiger partial charge in [0.25, 0.3) is 0 Å². The Hall–Kier alpha value is -2.37. The molecule has 0 atom stereocenters. The average Bonchev–Trinajstić information content (AvgIpc) is 2.48. The predicted molar refractivity (Wildman–Crippen MR) is 86.2 cm³/mol. The Balaban J connectivity index is 3.04. The highest BCUT2D eigenvalue weighted by Crippen LogP contribution is 2.17. The van der Waals surface area contributed by atoms with Crippen molar-refractivity contribution < 1.29 is 14.4 Å². The van der Waals surface area contributed by atoms with E-state index in [1.165, 1.54) is 11.8 Å². The highest BCUT2D eigenvalue weighted by Gasteiger charge is 2.30. The van der Waals surface area contributed by atoms with E-state index in [1.807, 2.05) is 13.8 Å². The summed E-state index contributed by atoms with van der Waals surface area (Å²) in [4.78, 5) is 39.0. The molecule has 120 valence electrons. The molecule has 6 nitrogen and oxygen atoms in total. The molecular formula is C16H23N3O3. The summed E-state index contributed by atoms with van der Waals surface area (Å²) in [5, 5.41) is 0. The molecule has 0 heterocycles. The van der Waals surface area contributed by atoms with Crippen molar-refractivity contribution in [2.24, 2.45) is 0 Å². The van der Waals surface area contributed by atoms with E-state index in [-0.39, 0.29) is 0 Å². The first-order valence-electron chi connectivity index (χ1n) is 7.41. The third kappa shape index (κ3) is 4.31. The van der Waals surface area contributed by atoms with Crippen LogP contribution in [0.5, 0.6) is 0 Å². The SMILES string of the molecule is CCCN(CCC)C(=O)C(=O)N(C(C)=O)c1ccc(N)cc1. The van der Waals surface area contributed by atoms with Crippen molar-refractivity contribution in [3.8, 4) is 0 Å². The van der Waals surface area contributed by atoms with E-state index < -0.39 is 17.7 Å². The van der Waals surface area contributed by atoms with Crippen LogP contribution in [0.2, 0.25) is 0 Å². The summed E-state index contributed by atoms with van der Waals surface area (Å²) in [5.74, 6) is -1.99. The molecular weight excluding hydrogens is 282 g/mol. The lowest BCUT2D eigenvalue weighted by atomic mass is 10.2. The average molecular weight is 305 g/mol. The van der Waals surface area contributed by atoms with Gasteiger partial charge >= 0.3 is 11.8 Å². The quantitative estimate of drug-likeness (QED) is 0.664. The van der Waals surface area contributed by atoms with Crippen LogP contribution in [0, 0.1) is 0 Å². The summed E-state index contributed by atoms with van der Waals surface area (Å²) in [5.41, 5.74) is 6.46. The van der Waals surface area contributed by atoms with E-state index in [4.69, 9.17) is 5.73 Å². The molecule has 0 bridgehead atoms. The molecule has 2 N–H and O–H groups in total. The summed E-state index contributed by atoms with van der Waals surface area (Å²) in [6.45, 7) is 6.11. The molecule has 0 aromatic heterocycles. The summed E-state index contributed by atoms with van der Waals surface area (Å²) in [6.07, 6.45) is 1.50. The van der Waals surface area contributed by atoms with Crippen LogP contribution in [-0.2, 0) is 14.4 Å². The smallest absolute Gasteiger partial charge is 0.323 e. The molecule has 0 aliphatic heterocycles. The van der Waals surface area contributed by atoms with Gasteiger partial charge in [-0.2, -0.15) is 0 Å². The molecule has 0 fully saturated rings. The van der Waals surface area contributed by atoms with Gasteiger partial charge in [-0.1, -0.05) is 13.8 Å². The fraction of sp³-hybridized carbons (Fsp3) is 0.438. The molecule has 0 aliphatic carbocycles. The minimum atomic E-state index is -0.834. The highest BCUT2D eigenvalue weighted by molar-refractivity contribution is 6.45. The van der Waals surface area contributed by atoms with Gasteiger partial charge in [0, 0.05) is 25.7 Å². The van der Waals surface area contributed by atoms with Crippen LogP contribution in [0.25, 0.3) is 0 Å².